The van der Waals surface area contributed by atoms with Crippen molar-refractivity contribution >= 4 is 17.4 Å². The molecule has 0 atom stereocenters. The molecule has 0 fully saturated rings. The van der Waals surface area contributed by atoms with Gasteiger partial charge in [0.1, 0.15) is 5.76 Å². The highest BCUT2D eigenvalue weighted by molar-refractivity contribution is 6.01. The molecule has 1 N–H and O–H groups in total. The number of ketones is 1. The van der Waals surface area contributed by atoms with Crippen LogP contribution in [0.2, 0.25) is 0 Å². The van der Waals surface area contributed by atoms with E-state index in [-0.39, 0.29) is 12.4 Å². The molecule has 7 nitrogen and oxygen atoms in total. The number of aromatic nitrogens is 1. The summed E-state index contributed by atoms with van der Waals surface area (Å²) in [7, 11) is 1.64. The van der Waals surface area contributed by atoms with Crippen LogP contribution in [0.5, 0.6) is 0 Å². The van der Waals surface area contributed by atoms with E-state index in [9.17, 15) is 9.59 Å². The van der Waals surface area contributed by atoms with E-state index in [0.29, 0.717) is 36.5 Å². The Bertz CT molecular complexity index is 1000. The van der Waals surface area contributed by atoms with E-state index in [4.69, 9.17) is 13.9 Å². The Balaban J connectivity index is 1.64. The van der Waals surface area contributed by atoms with Crippen molar-refractivity contribution < 1.29 is 23.5 Å². The summed E-state index contributed by atoms with van der Waals surface area (Å²) in [4.78, 5) is 25.3. The number of ether oxygens (including phenoxy) is 2. The van der Waals surface area contributed by atoms with Crippen molar-refractivity contribution in [1.29, 1.82) is 0 Å². The third kappa shape index (κ3) is 4.99. The lowest BCUT2D eigenvalue weighted by Crippen LogP contribution is -2.16. The van der Waals surface area contributed by atoms with Crippen LogP contribution in [0.3, 0.4) is 0 Å². The Labute approximate surface area is 175 Å². The molecule has 7 heteroatoms. The maximum atomic E-state index is 12.7. The second-order valence-corrected chi connectivity index (χ2v) is 6.91. The minimum absolute atomic E-state index is 0.235. The van der Waals surface area contributed by atoms with E-state index in [2.05, 4.69) is 5.32 Å². The van der Waals surface area contributed by atoms with E-state index in [1.165, 1.54) is 0 Å². The van der Waals surface area contributed by atoms with Gasteiger partial charge in [-0.25, -0.2) is 4.79 Å². The van der Waals surface area contributed by atoms with Crippen molar-refractivity contribution in [3.63, 3.8) is 0 Å². The van der Waals surface area contributed by atoms with Gasteiger partial charge in [0.25, 0.3) is 0 Å². The summed E-state index contributed by atoms with van der Waals surface area (Å²) in [6, 6.07) is 12.5. The normalized spacial score (nSPS) is 10.8. The van der Waals surface area contributed by atoms with Gasteiger partial charge in [0.2, 0.25) is 5.78 Å². The Morgan fingerprint density at radius 3 is 2.63 bits per heavy atom. The fraction of sp³-hybridized carbons (Fsp3) is 0.304. The lowest BCUT2D eigenvalue weighted by Gasteiger charge is -2.11. The highest BCUT2D eigenvalue weighted by atomic mass is 16.5. The first-order chi connectivity index (χ1) is 14.5. The van der Waals surface area contributed by atoms with Crippen molar-refractivity contribution in [2.45, 2.75) is 26.9 Å². The molecule has 0 unspecified atom stereocenters. The van der Waals surface area contributed by atoms with Crippen LogP contribution in [0.25, 0.3) is 0 Å². The lowest BCUT2D eigenvalue weighted by molar-refractivity contribution is 0.0475. The summed E-state index contributed by atoms with van der Waals surface area (Å²) in [5, 5.41) is 3.16. The number of para-hydroxylation sites is 1. The summed E-state index contributed by atoms with van der Waals surface area (Å²) in [6.07, 6.45) is 1.59. The predicted molar refractivity (Wildman–Crippen MR) is 113 cm³/mol. The maximum Gasteiger partial charge on any atom is 0.340 e. The second kappa shape index (κ2) is 9.93. The number of hydrogen-bond donors (Lipinski definition) is 1. The molecular weight excluding hydrogens is 384 g/mol. The number of benzene rings is 1. The number of methoxy groups -OCH3 is 1. The molecule has 0 aliphatic heterocycles. The fourth-order valence-electron chi connectivity index (χ4n) is 3.31. The first kappa shape index (κ1) is 21.4. The highest BCUT2D eigenvalue weighted by Crippen LogP contribution is 2.19. The number of aryl methyl sites for hydroxylation is 1. The van der Waals surface area contributed by atoms with Gasteiger partial charge in [-0.05, 0) is 44.2 Å². The number of carbonyl (C=O) groups is 2. The van der Waals surface area contributed by atoms with Crippen molar-refractivity contribution in [3.8, 4) is 0 Å². The largest absolute Gasteiger partial charge is 0.467 e. The first-order valence-corrected chi connectivity index (χ1v) is 9.72. The van der Waals surface area contributed by atoms with Crippen LogP contribution >= 0.6 is 0 Å². The molecule has 0 radical (unpaired) electrons. The number of rotatable bonds is 10. The van der Waals surface area contributed by atoms with Gasteiger partial charge in [0, 0.05) is 36.3 Å². The highest BCUT2D eigenvalue weighted by Gasteiger charge is 2.19. The van der Waals surface area contributed by atoms with Crippen LogP contribution in [-0.4, -0.2) is 36.6 Å². The van der Waals surface area contributed by atoms with Crippen molar-refractivity contribution in [3.05, 3.63) is 77.0 Å². The third-order valence-electron chi connectivity index (χ3n) is 4.91. The minimum atomic E-state index is -0.556. The minimum Gasteiger partial charge on any atom is -0.467 e. The Morgan fingerprint density at radius 2 is 1.90 bits per heavy atom. The van der Waals surface area contributed by atoms with Crippen LogP contribution in [0.4, 0.5) is 5.69 Å². The molecule has 3 rings (SSSR count). The molecular formula is C23H26N2O5. The van der Waals surface area contributed by atoms with Crippen molar-refractivity contribution in [2.75, 3.05) is 25.6 Å². The van der Waals surface area contributed by atoms with E-state index in [1.807, 2.05) is 36.6 Å². The zero-order chi connectivity index (χ0) is 21.5. The number of nitrogens with one attached hydrogen (secondary N) is 1. The molecule has 0 saturated carbocycles. The Morgan fingerprint density at radius 1 is 1.10 bits per heavy atom. The molecule has 0 spiro atoms. The van der Waals surface area contributed by atoms with Gasteiger partial charge >= 0.3 is 5.97 Å². The Kier molecular flexibility index (Phi) is 7.08. The number of nitrogens with zero attached hydrogens (tertiary/aromatic N) is 1. The summed E-state index contributed by atoms with van der Waals surface area (Å²) in [6.45, 7) is 5.15. The second-order valence-electron chi connectivity index (χ2n) is 6.91. The molecule has 2 aromatic heterocycles. The molecule has 1 aromatic carbocycles. The van der Waals surface area contributed by atoms with Gasteiger partial charge in [0.05, 0.1) is 25.0 Å². The summed E-state index contributed by atoms with van der Waals surface area (Å²) < 4.78 is 17.8. The number of hydrogen-bond acceptors (Lipinski definition) is 6. The van der Waals surface area contributed by atoms with Gasteiger partial charge in [-0.2, -0.15) is 0 Å². The number of carbonyl (C=O) groups excluding carboxylic acids is 2. The van der Waals surface area contributed by atoms with Crippen molar-refractivity contribution in [2.24, 2.45) is 0 Å². The molecule has 3 aromatic rings. The fourth-order valence-corrected chi connectivity index (χ4v) is 3.31. The number of esters is 1. The van der Waals surface area contributed by atoms with Crippen LogP contribution in [0.1, 0.15) is 37.9 Å². The van der Waals surface area contributed by atoms with E-state index in [0.717, 1.165) is 17.1 Å². The standard InChI is InChI=1S/C23H26N2O5/c1-16-13-20(17(2)25(16)10-12-28-3)22(26)15-30-23(27)19-8-4-5-9-21(19)24-14-18-7-6-11-29-18/h4-9,11,13,24H,10,12,14-15H2,1-3H3. The number of furan rings is 1. The van der Waals surface area contributed by atoms with E-state index in [1.54, 1.807) is 37.6 Å². The number of Topliss-reactive ketones (excluding diaryl/α,β-unsaturated/α-hetero) is 1. The molecule has 0 aliphatic rings. The summed E-state index contributed by atoms with van der Waals surface area (Å²) >= 11 is 0. The van der Waals surface area contributed by atoms with Gasteiger partial charge in [-0.15, -0.1) is 0 Å². The molecule has 2 heterocycles. The van der Waals surface area contributed by atoms with E-state index < -0.39 is 5.97 Å². The predicted octanol–water partition coefficient (Wildman–Crippen LogP) is 4.00. The van der Waals surface area contributed by atoms with Crippen LogP contribution in [0.15, 0.2) is 53.1 Å². The summed E-state index contributed by atoms with van der Waals surface area (Å²) in [5.41, 5.74) is 3.34. The number of anilines is 1. The molecule has 0 bridgehead atoms. The topological polar surface area (TPSA) is 82.7 Å². The van der Waals surface area contributed by atoms with Gasteiger partial charge < -0.3 is 23.8 Å². The average molecular weight is 410 g/mol. The molecule has 0 saturated heterocycles. The van der Waals surface area contributed by atoms with E-state index >= 15 is 0 Å². The third-order valence-corrected chi connectivity index (χ3v) is 4.91. The molecule has 30 heavy (non-hydrogen) atoms. The van der Waals surface area contributed by atoms with Crippen molar-refractivity contribution in [1.82, 2.24) is 4.57 Å². The van der Waals surface area contributed by atoms with Gasteiger partial charge in [0.15, 0.2) is 6.61 Å². The zero-order valence-corrected chi connectivity index (χ0v) is 17.4. The lowest BCUT2D eigenvalue weighted by atomic mass is 10.1. The van der Waals surface area contributed by atoms with Crippen LogP contribution < -0.4 is 5.32 Å². The Hall–Kier alpha value is -3.32. The van der Waals surface area contributed by atoms with Gasteiger partial charge in [-0.3, -0.25) is 4.79 Å². The quantitative estimate of drug-likeness (QED) is 0.402. The van der Waals surface area contributed by atoms with Crippen LogP contribution in [0, 0.1) is 13.8 Å². The van der Waals surface area contributed by atoms with Crippen LogP contribution in [-0.2, 0) is 22.6 Å². The van der Waals surface area contributed by atoms with Gasteiger partial charge in [-0.1, -0.05) is 12.1 Å². The average Bonchev–Trinajstić information content (AvgIpc) is 3.37. The summed E-state index contributed by atoms with van der Waals surface area (Å²) in [5.74, 6) is -0.0441. The molecule has 158 valence electrons. The molecule has 0 amide bonds. The monoisotopic (exact) mass is 410 g/mol. The molecule has 0 aliphatic carbocycles. The first-order valence-electron chi connectivity index (χ1n) is 9.72. The SMILES string of the molecule is COCCn1c(C)cc(C(=O)COC(=O)c2ccccc2NCc2ccco2)c1C. The zero-order valence-electron chi connectivity index (χ0n) is 17.4. The smallest absolute Gasteiger partial charge is 0.340 e. The maximum absolute atomic E-state index is 12.7.